The molecule has 1 aromatic rings. The molecule has 1 aromatic heterocycles. The molecule has 0 aliphatic rings. The normalized spacial score (nSPS) is 12.5. The minimum atomic E-state index is -0.932. The van der Waals surface area contributed by atoms with Gasteiger partial charge in [0.15, 0.2) is 0 Å². The Labute approximate surface area is 114 Å². The van der Waals surface area contributed by atoms with Crippen molar-refractivity contribution >= 4 is 11.7 Å². The third-order valence-electron chi connectivity index (χ3n) is 3.06. The summed E-state index contributed by atoms with van der Waals surface area (Å²) in [4.78, 5) is 19.6. The van der Waals surface area contributed by atoms with Crippen molar-refractivity contribution in [1.29, 1.82) is 0 Å². The van der Waals surface area contributed by atoms with Crippen molar-refractivity contribution in [2.45, 2.75) is 26.8 Å². The second-order valence-corrected chi connectivity index (χ2v) is 5.05. The van der Waals surface area contributed by atoms with Crippen LogP contribution in [0.25, 0.3) is 0 Å². The first kappa shape index (κ1) is 15.4. The highest BCUT2D eigenvalue weighted by Crippen LogP contribution is 2.23. The van der Waals surface area contributed by atoms with Gasteiger partial charge in [-0.3, -0.25) is 4.98 Å². The molecule has 0 bridgehead atoms. The lowest BCUT2D eigenvalue weighted by atomic mass is 10.1. The van der Waals surface area contributed by atoms with Crippen molar-refractivity contribution in [2.75, 3.05) is 32.1 Å². The van der Waals surface area contributed by atoms with Gasteiger partial charge in [0.25, 0.3) is 0 Å². The topological polar surface area (TPSA) is 56.7 Å². The zero-order valence-corrected chi connectivity index (χ0v) is 12.3. The van der Waals surface area contributed by atoms with Crippen LogP contribution in [0.15, 0.2) is 12.3 Å². The van der Waals surface area contributed by atoms with Crippen LogP contribution in [0.2, 0.25) is 0 Å². The summed E-state index contributed by atoms with van der Waals surface area (Å²) < 4.78 is 0. The Hall–Kier alpha value is -1.62. The minimum Gasteiger partial charge on any atom is -0.478 e. The van der Waals surface area contributed by atoms with Gasteiger partial charge in [-0.25, -0.2) is 4.79 Å². The van der Waals surface area contributed by atoms with Gasteiger partial charge in [0.1, 0.15) is 5.56 Å². The fourth-order valence-corrected chi connectivity index (χ4v) is 2.29. The highest BCUT2D eigenvalue weighted by atomic mass is 16.4. The average Bonchev–Trinajstić information content (AvgIpc) is 2.28. The molecule has 0 aliphatic carbocycles. The standard InChI is InChI=1S/C14H23N3O2/c1-6-17(11(3)9-16(4)5)13-7-10(2)15-8-12(13)14(18)19/h7-8,11H,6,9H2,1-5H3,(H,18,19). The average molecular weight is 265 g/mol. The van der Waals surface area contributed by atoms with Crippen molar-refractivity contribution in [1.82, 2.24) is 9.88 Å². The van der Waals surface area contributed by atoms with E-state index in [1.807, 2.05) is 34.0 Å². The zero-order valence-electron chi connectivity index (χ0n) is 12.3. The summed E-state index contributed by atoms with van der Waals surface area (Å²) in [6.45, 7) is 7.64. The zero-order chi connectivity index (χ0) is 14.6. The fourth-order valence-electron chi connectivity index (χ4n) is 2.29. The molecule has 1 N–H and O–H groups in total. The van der Waals surface area contributed by atoms with Gasteiger partial charge in [0.2, 0.25) is 0 Å². The summed E-state index contributed by atoms with van der Waals surface area (Å²) in [6.07, 6.45) is 1.44. The van der Waals surface area contributed by atoms with Crippen LogP contribution in [0.3, 0.4) is 0 Å². The number of aromatic nitrogens is 1. The third-order valence-corrected chi connectivity index (χ3v) is 3.06. The van der Waals surface area contributed by atoms with E-state index in [1.165, 1.54) is 6.20 Å². The number of anilines is 1. The monoisotopic (exact) mass is 265 g/mol. The summed E-state index contributed by atoms with van der Waals surface area (Å²) in [6, 6.07) is 2.08. The quantitative estimate of drug-likeness (QED) is 0.851. The van der Waals surface area contributed by atoms with Gasteiger partial charge in [0.05, 0.1) is 5.69 Å². The number of carboxylic acid groups (broad SMARTS) is 1. The van der Waals surface area contributed by atoms with E-state index in [0.29, 0.717) is 0 Å². The van der Waals surface area contributed by atoms with Crippen molar-refractivity contribution in [2.24, 2.45) is 0 Å². The van der Waals surface area contributed by atoms with Gasteiger partial charge in [-0.1, -0.05) is 0 Å². The molecule has 1 atom stereocenters. The van der Waals surface area contributed by atoms with E-state index >= 15 is 0 Å². The van der Waals surface area contributed by atoms with Gasteiger partial charge < -0.3 is 14.9 Å². The van der Waals surface area contributed by atoms with Crippen molar-refractivity contribution < 1.29 is 9.90 Å². The summed E-state index contributed by atoms with van der Waals surface area (Å²) in [5, 5.41) is 9.29. The van der Waals surface area contributed by atoms with Crippen LogP contribution in [-0.2, 0) is 0 Å². The largest absolute Gasteiger partial charge is 0.478 e. The van der Waals surface area contributed by atoms with Crippen molar-refractivity contribution in [3.63, 3.8) is 0 Å². The molecule has 0 saturated carbocycles. The molecule has 0 aliphatic heterocycles. The molecule has 1 unspecified atom stereocenters. The van der Waals surface area contributed by atoms with E-state index in [2.05, 4.69) is 21.7 Å². The predicted molar refractivity (Wildman–Crippen MR) is 77.0 cm³/mol. The molecule has 0 aromatic carbocycles. The maximum absolute atomic E-state index is 11.3. The molecule has 5 nitrogen and oxygen atoms in total. The number of rotatable bonds is 6. The molecule has 0 fully saturated rings. The van der Waals surface area contributed by atoms with E-state index < -0.39 is 5.97 Å². The highest BCUT2D eigenvalue weighted by molar-refractivity contribution is 5.94. The number of hydrogen-bond donors (Lipinski definition) is 1. The van der Waals surface area contributed by atoms with Crippen LogP contribution in [0.5, 0.6) is 0 Å². The number of carbonyl (C=O) groups is 1. The van der Waals surface area contributed by atoms with Crippen molar-refractivity contribution in [3.8, 4) is 0 Å². The second-order valence-electron chi connectivity index (χ2n) is 5.05. The Bertz CT molecular complexity index is 446. The molecular weight excluding hydrogens is 242 g/mol. The van der Waals surface area contributed by atoms with Crippen LogP contribution < -0.4 is 4.90 Å². The first-order chi connectivity index (χ1) is 8.86. The molecule has 0 spiro atoms. The number of aryl methyl sites for hydroxylation is 1. The lowest BCUT2D eigenvalue weighted by Crippen LogP contribution is -2.40. The second kappa shape index (κ2) is 6.52. The number of carboxylic acids is 1. The lowest BCUT2D eigenvalue weighted by molar-refractivity contribution is 0.0697. The fraction of sp³-hybridized carbons (Fsp3) is 0.571. The molecule has 0 radical (unpaired) electrons. The van der Waals surface area contributed by atoms with Crippen LogP contribution in [0.4, 0.5) is 5.69 Å². The maximum Gasteiger partial charge on any atom is 0.339 e. The Kier molecular flexibility index (Phi) is 5.30. The van der Waals surface area contributed by atoms with Gasteiger partial charge in [-0.05, 0) is 40.9 Å². The Morgan fingerprint density at radius 1 is 1.47 bits per heavy atom. The number of nitrogens with zero attached hydrogens (tertiary/aromatic N) is 3. The molecule has 5 heteroatoms. The van der Waals surface area contributed by atoms with Crippen molar-refractivity contribution in [3.05, 3.63) is 23.5 Å². The van der Waals surface area contributed by atoms with E-state index in [-0.39, 0.29) is 11.6 Å². The summed E-state index contributed by atoms with van der Waals surface area (Å²) >= 11 is 0. The number of aromatic carboxylic acids is 1. The first-order valence-corrected chi connectivity index (χ1v) is 6.48. The van der Waals surface area contributed by atoms with Gasteiger partial charge in [0, 0.05) is 31.0 Å². The van der Waals surface area contributed by atoms with E-state index in [4.69, 9.17) is 0 Å². The molecule has 19 heavy (non-hydrogen) atoms. The molecule has 0 amide bonds. The number of pyridine rings is 1. The van der Waals surface area contributed by atoms with E-state index in [0.717, 1.165) is 24.5 Å². The lowest BCUT2D eigenvalue weighted by Gasteiger charge is -2.33. The summed E-state index contributed by atoms with van der Waals surface area (Å²) in [5.41, 5.74) is 1.84. The highest BCUT2D eigenvalue weighted by Gasteiger charge is 2.20. The Morgan fingerprint density at radius 3 is 2.58 bits per heavy atom. The maximum atomic E-state index is 11.3. The smallest absolute Gasteiger partial charge is 0.339 e. The molecule has 106 valence electrons. The van der Waals surface area contributed by atoms with Crippen LogP contribution in [0.1, 0.15) is 29.9 Å². The first-order valence-electron chi connectivity index (χ1n) is 6.48. The molecule has 0 saturated heterocycles. The number of hydrogen-bond acceptors (Lipinski definition) is 4. The Morgan fingerprint density at radius 2 is 2.11 bits per heavy atom. The summed E-state index contributed by atoms with van der Waals surface area (Å²) in [5.74, 6) is -0.932. The van der Waals surface area contributed by atoms with E-state index in [1.54, 1.807) is 0 Å². The minimum absolute atomic E-state index is 0.236. The number of likely N-dealkylation sites (N-methyl/N-ethyl adjacent to an activating group) is 2. The van der Waals surface area contributed by atoms with Crippen LogP contribution in [0, 0.1) is 6.92 Å². The SMILES string of the molecule is CCN(c1cc(C)ncc1C(=O)O)C(C)CN(C)C. The summed E-state index contributed by atoms with van der Waals surface area (Å²) in [7, 11) is 4.03. The van der Waals surface area contributed by atoms with Crippen LogP contribution in [-0.4, -0.2) is 54.2 Å². The van der Waals surface area contributed by atoms with Gasteiger partial charge in [-0.2, -0.15) is 0 Å². The molecule has 1 rings (SSSR count). The van der Waals surface area contributed by atoms with E-state index in [9.17, 15) is 9.90 Å². The van der Waals surface area contributed by atoms with Gasteiger partial charge >= 0.3 is 5.97 Å². The predicted octanol–water partition coefficient (Wildman–Crippen LogP) is 1.86. The van der Waals surface area contributed by atoms with Gasteiger partial charge in [-0.15, -0.1) is 0 Å². The van der Waals surface area contributed by atoms with Crippen LogP contribution >= 0.6 is 0 Å². The molecule has 1 heterocycles. The molecular formula is C14H23N3O2. The Balaban J connectivity index is 3.16. The third kappa shape index (κ3) is 3.92.